The molecule has 1 aromatic rings. The molecule has 1 N–H and O–H groups in total. The Morgan fingerprint density at radius 3 is 3.00 bits per heavy atom. The highest BCUT2D eigenvalue weighted by Crippen LogP contribution is 2.30. The molecule has 1 aromatic heterocycles. The van der Waals surface area contributed by atoms with Crippen molar-refractivity contribution in [3.8, 4) is 0 Å². The number of hydrogen-bond acceptors (Lipinski definition) is 5. The van der Waals surface area contributed by atoms with E-state index in [-0.39, 0.29) is 0 Å². The molecule has 0 radical (unpaired) electrons. The molecule has 3 aliphatic rings. The van der Waals surface area contributed by atoms with Gasteiger partial charge in [0.2, 0.25) is 0 Å². The van der Waals surface area contributed by atoms with Gasteiger partial charge in [-0.3, -0.25) is 4.90 Å². The minimum absolute atomic E-state index is 0.291. The number of nitrogens with zero attached hydrogens (tertiary/aromatic N) is 3. The van der Waals surface area contributed by atoms with Crippen molar-refractivity contribution in [3.05, 3.63) is 22.9 Å². The van der Waals surface area contributed by atoms with Crippen LogP contribution in [0.4, 0.5) is 5.82 Å². The SMILES string of the molecule is CN1C[C@H]2COC[C@@H]1CN(c1nc3c(cc1C(=O)O)CCC3)C2. The van der Waals surface area contributed by atoms with Crippen molar-refractivity contribution in [2.45, 2.75) is 25.3 Å². The summed E-state index contributed by atoms with van der Waals surface area (Å²) in [4.78, 5) is 21.1. The topological polar surface area (TPSA) is 65.9 Å². The minimum atomic E-state index is -0.874. The summed E-state index contributed by atoms with van der Waals surface area (Å²) in [6.07, 6.45) is 2.99. The summed E-state index contributed by atoms with van der Waals surface area (Å²) >= 11 is 0. The van der Waals surface area contributed by atoms with Crippen molar-refractivity contribution < 1.29 is 14.6 Å². The van der Waals surface area contributed by atoms with Crippen molar-refractivity contribution in [2.24, 2.45) is 5.92 Å². The number of carbonyl (C=O) groups is 1. The zero-order valence-electron chi connectivity index (χ0n) is 13.5. The Morgan fingerprint density at radius 1 is 1.30 bits per heavy atom. The number of rotatable bonds is 2. The van der Waals surface area contributed by atoms with Gasteiger partial charge in [-0.25, -0.2) is 9.78 Å². The third-order valence-electron chi connectivity index (χ3n) is 5.30. The Hall–Kier alpha value is -1.66. The summed E-state index contributed by atoms with van der Waals surface area (Å²) in [7, 11) is 2.13. The molecule has 2 bridgehead atoms. The Balaban J connectivity index is 1.73. The lowest BCUT2D eigenvalue weighted by atomic mass is 10.1. The van der Waals surface area contributed by atoms with Gasteiger partial charge in [-0.05, 0) is 37.9 Å². The van der Waals surface area contributed by atoms with E-state index in [2.05, 4.69) is 16.8 Å². The van der Waals surface area contributed by atoms with Crippen LogP contribution in [0.25, 0.3) is 0 Å². The highest BCUT2D eigenvalue weighted by Gasteiger charge is 2.34. The fourth-order valence-corrected chi connectivity index (χ4v) is 4.08. The molecule has 23 heavy (non-hydrogen) atoms. The maximum atomic E-state index is 11.8. The molecule has 2 aliphatic heterocycles. The second-order valence-corrected chi connectivity index (χ2v) is 7.03. The van der Waals surface area contributed by atoms with Crippen LogP contribution in [0.5, 0.6) is 0 Å². The molecule has 3 heterocycles. The molecule has 0 saturated carbocycles. The van der Waals surface area contributed by atoms with Crippen LogP contribution in [0.2, 0.25) is 0 Å². The number of pyridine rings is 1. The fraction of sp³-hybridized carbons (Fsp3) is 0.647. The van der Waals surface area contributed by atoms with Gasteiger partial charge in [0.1, 0.15) is 11.4 Å². The van der Waals surface area contributed by atoms with Crippen molar-refractivity contribution in [3.63, 3.8) is 0 Å². The second kappa shape index (κ2) is 5.76. The molecule has 124 valence electrons. The molecule has 2 atom stereocenters. The van der Waals surface area contributed by atoms with Gasteiger partial charge in [0.15, 0.2) is 0 Å². The largest absolute Gasteiger partial charge is 0.478 e. The lowest BCUT2D eigenvalue weighted by Crippen LogP contribution is -2.43. The molecule has 6 heteroatoms. The third kappa shape index (κ3) is 2.70. The predicted molar refractivity (Wildman–Crippen MR) is 86.2 cm³/mol. The zero-order chi connectivity index (χ0) is 16.0. The summed E-state index contributed by atoms with van der Waals surface area (Å²) < 4.78 is 5.76. The minimum Gasteiger partial charge on any atom is -0.478 e. The number of ether oxygens (including phenoxy) is 1. The van der Waals surface area contributed by atoms with E-state index in [9.17, 15) is 9.90 Å². The summed E-state index contributed by atoms with van der Waals surface area (Å²) in [6.45, 7) is 4.03. The number of fused-ring (bicyclic) bond motifs is 4. The van der Waals surface area contributed by atoms with Crippen LogP contribution >= 0.6 is 0 Å². The normalized spacial score (nSPS) is 27.6. The molecule has 0 spiro atoms. The van der Waals surface area contributed by atoms with Crippen molar-refractivity contribution in [2.75, 3.05) is 44.8 Å². The van der Waals surface area contributed by atoms with Gasteiger partial charge < -0.3 is 14.7 Å². The quantitative estimate of drug-likeness (QED) is 0.879. The van der Waals surface area contributed by atoms with Gasteiger partial charge >= 0.3 is 5.97 Å². The first-order valence-electron chi connectivity index (χ1n) is 8.41. The first kappa shape index (κ1) is 14.9. The highest BCUT2D eigenvalue weighted by atomic mass is 16.5. The molecule has 2 saturated heterocycles. The lowest BCUT2D eigenvalue weighted by Gasteiger charge is -2.31. The average Bonchev–Trinajstić information content (AvgIpc) is 2.81. The monoisotopic (exact) mass is 317 g/mol. The summed E-state index contributed by atoms with van der Waals surface area (Å²) in [5.41, 5.74) is 2.56. The molecule has 0 amide bonds. The summed E-state index contributed by atoms with van der Waals surface area (Å²) in [5, 5.41) is 9.65. The number of carboxylic acids is 1. The molecule has 0 unspecified atom stereocenters. The van der Waals surface area contributed by atoms with Crippen LogP contribution in [0.15, 0.2) is 6.07 Å². The number of likely N-dealkylation sites (N-methyl/N-ethyl adjacent to an activating group) is 1. The Morgan fingerprint density at radius 2 is 2.17 bits per heavy atom. The number of carboxylic acid groups (broad SMARTS) is 1. The Bertz CT molecular complexity index is 634. The van der Waals surface area contributed by atoms with E-state index in [1.54, 1.807) is 0 Å². The van der Waals surface area contributed by atoms with Crippen LogP contribution in [-0.2, 0) is 17.6 Å². The molecule has 0 aromatic carbocycles. The zero-order valence-corrected chi connectivity index (χ0v) is 13.5. The van der Waals surface area contributed by atoms with Gasteiger partial charge in [0, 0.05) is 31.2 Å². The number of aromatic nitrogens is 1. The number of aromatic carboxylic acids is 1. The van der Waals surface area contributed by atoms with Gasteiger partial charge in [-0.15, -0.1) is 0 Å². The number of aryl methyl sites for hydroxylation is 2. The second-order valence-electron chi connectivity index (χ2n) is 7.03. The van der Waals surface area contributed by atoms with Crippen LogP contribution in [0, 0.1) is 5.92 Å². The van der Waals surface area contributed by atoms with Crippen molar-refractivity contribution in [1.29, 1.82) is 0 Å². The predicted octanol–water partition coefficient (Wildman–Crippen LogP) is 1.04. The highest BCUT2D eigenvalue weighted by molar-refractivity contribution is 5.93. The smallest absolute Gasteiger partial charge is 0.339 e. The lowest BCUT2D eigenvalue weighted by molar-refractivity contribution is 0.0696. The maximum absolute atomic E-state index is 11.8. The fourth-order valence-electron chi connectivity index (χ4n) is 4.08. The van der Waals surface area contributed by atoms with E-state index < -0.39 is 5.97 Å². The Labute approximate surface area is 136 Å². The first-order chi connectivity index (χ1) is 11.1. The van der Waals surface area contributed by atoms with E-state index in [1.165, 1.54) is 0 Å². The van der Waals surface area contributed by atoms with Gasteiger partial charge in [0.05, 0.1) is 19.3 Å². The van der Waals surface area contributed by atoms with Crippen molar-refractivity contribution in [1.82, 2.24) is 9.88 Å². The molecule has 4 rings (SSSR count). The van der Waals surface area contributed by atoms with Crippen LogP contribution < -0.4 is 4.90 Å². The van der Waals surface area contributed by atoms with Crippen molar-refractivity contribution >= 4 is 11.8 Å². The number of anilines is 1. The van der Waals surface area contributed by atoms with Gasteiger partial charge in [0.25, 0.3) is 0 Å². The summed E-state index contributed by atoms with van der Waals surface area (Å²) in [5.74, 6) is 0.177. The van der Waals surface area contributed by atoms with E-state index in [4.69, 9.17) is 9.72 Å². The van der Waals surface area contributed by atoms with E-state index in [0.717, 1.165) is 56.8 Å². The first-order valence-corrected chi connectivity index (χ1v) is 8.41. The average molecular weight is 317 g/mol. The van der Waals surface area contributed by atoms with Crippen LogP contribution in [0.1, 0.15) is 28.0 Å². The van der Waals surface area contributed by atoms with E-state index >= 15 is 0 Å². The van der Waals surface area contributed by atoms with Crippen LogP contribution in [-0.4, -0.2) is 66.9 Å². The summed E-state index contributed by atoms with van der Waals surface area (Å²) in [6, 6.07) is 2.15. The Kier molecular flexibility index (Phi) is 3.73. The van der Waals surface area contributed by atoms with Gasteiger partial charge in [-0.2, -0.15) is 0 Å². The van der Waals surface area contributed by atoms with E-state index in [0.29, 0.717) is 29.9 Å². The molecular formula is C17H23N3O3. The standard InChI is InChI=1S/C17H23N3O3/c1-19-6-11-7-20(8-13(19)10-23-9-11)16-14(17(21)22)5-12-3-2-4-15(12)18-16/h5,11,13H,2-4,6-10H2,1H3,(H,21,22)/t11-,13+/m1/s1. The van der Waals surface area contributed by atoms with E-state index in [1.807, 2.05) is 6.07 Å². The van der Waals surface area contributed by atoms with Gasteiger partial charge in [-0.1, -0.05) is 0 Å². The molecular weight excluding hydrogens is 294 g/mol. The third-order valence-corrected chi connectivity index (χ3v) is 5.30. The molecule has 1 aliphatic carbocycles. The number of hydrogen-bond donors (Lipinski definition) is 1. The molecule has 6 nitrogen and oxygen atoms in total. The molecule has 2 fully saturated rings. The van der Waals surface area contributed by atoms with Crippen LogP contribution in [0.3, 0.4) is 0 Å². The maximum Gasteiger partial charge on any atom is 0.339 e.